The van der Waals surface area contributed by atoms with Gasteiger partial charge in [0.15, 0.2) is 11.0 Å². The molecule has 0 unspecified atom stereocenters. The molecule has 0 bridgehead atoms. The van der Waals surface area contributed by atoms with Crippen molar-refractivity contribution in [3.05, 3.63) is 58.8 Å². The van der Waals surface area contributed by atoms with Crippen LogP contribution in [0.5, 0.6) is 0 Å². The smallest absolute Gasteiger partial charge is 0.412 e. The van der Waals surface area contributed by atoms with Crippen LogP contribution in [-0.2, 0) is 35.2 Å². The van der Waals surface area contributed by atoms with E-state index in [0.29, 0.717) is 30.1 Å². The van der Waals surface area contributed by atoms with Crippen molar-refractivity contribution < 1.29 is 18.7 Å². The van der Waals surface area contributed by atoms with Crippen LogP contribution in [0.15, 0.2) is 41.1 Å². The number of thiazole rings is 1. The van der Waals surface area contributed by atoms with Gasteiger partial charge in [-0.15, -0.1) is 11.3 Å². The predicted octanol–water partition coefficient (Wildman–Crippen LogP) is 6.81. The molecule has 0 saturated heterocycles. The average molecular weight is 527 g/mol. The highest BCUT2D eigenvalue weighted by molar-refractivity contribution is 7.15. The number of ether oxygens (including phenoxy) is 1. The number of aromatic nitrogens is 2. The molecular formula is C28H38N4O4S. The van der Waals surface area contributed by atoms with E-state index in [0.717, 1.165) is 41.4 Å². The zero-order chi connectivity index (χ0) is 27.1. The summed E-state index contributed by atoms with van der Waals surface area (Å²) in [6, 6.07) is 7.55. The Balaban J connectivity index is 1.36. The standard InChI is InChI=1S/C28H38N4O4S/c1-27(2,3)16-21-17-29-24(35-21)15-14-22-18-30-25(37-22)32-23(33)9-7-8-19-10-12-20(13-11-19)31-26(34)36-28(4,5)6/h10-13,17-18H,7-9,14-16H2,1-6H3,(H,31,34)(H,30,32,33). The topological polar surface area (TPSA) is 106 Å². The third-order valence-electron chi connectivity index (χ3n) is 5.16. The molecule has 0 aliphatic carbocycles. The van der Waals surface area contributed by atoms with E-state index >= 15 is 0 Å². The molecule has 2 heterocycles. The molecule has 2 N–H and O–H groups in total. The van der Waals surface area contributed by atoms with E-state index < -0.39 is 11.7 Å². The van der Waals surface area contributed by atoms with Gasteiger partial charge in [0.2, 0.25) is 5.91 Å². The van der Waals surface area contributed by atoms with Gasteiger partial charge >= 0.3 is 6.09 Å². The van der Waals surface area contributed by atoms with Crippen molar-refractivity contribution in [1.29, 1.82) is 0 Å². The van der Waals surface area contributed by atoms with Gasteiger partial charge in [-0.3, -0.25) is 10.1 Å². The molecule has 9 heteroatoms. The fourth-order valence-corrected chi connectivity index (χ4v) is 4.42. The molecule has 0 spiro atoms. The lowest BCUT2D eigenvalue weighted by Crippen LogP contribution is -2.27. The van der Waals surface area contributed by atoms with Gasteiger partial charge in [-0.25, -0.2) is 14.8 Å². The molecule has 8 nitrogen and oxygen atoms in total. The molecular weight excluding hydrogens is 488 g/mol. The number of hydrogen-bond donors (Lipinski definition) is 2. The van der Waals surface area contributed by atoms with Gasteiger partial charge in [-0.2, -0.15) is 0 Å². The number of hydrogen-bond acceptors (Lipinski definition) is 7. The Hall–Kier alpha value is -3.20. The Morgan fingerprint density at radius 1 is 0.946 bits per heavy atom. The number of amides is 2. The molecule has 0 fully saturated rings. The third kappa shape index (κ3) is 10.8. The Bertz CT molecular complexity index is 1170. The molecule has 3 aromatic rings. The molecule has 200 valence electrons. The van der Waals surface area contributed by atoms with E-state index in [1.807, 2.05) is 51.2 Å². The second-order valence-corrected chi connectivity index (χ2v) is 12.4. The molecule has 0 aliphatic rings. The van der Waals surface area contributed by atoms with E-state index in [1.165, 1.54) is 11.3 Å². The SMILES string of the molecule is CC(C)(C)Cc1cnc(CCc2cnc(NC(=O)CCCc3ccc(NC(=O)OC(C)(C)C)cc3)s2)o1. The second kappa shape index (κ2) is 12.4. The van der Waals surface area contributed by atoms with Crippen molar-refractivity contribution in [3.63, 3.8) is 0 Å². The number of aryl methyl sites for hydroxylation is 3. The van der Waals surface area contributed by atoms with Gasteiger partial charge in [0.05, 0.1) is 6.20 Å². The summed E-state index contributed by atoms with van der Waals surface area (Å²) in [5.41, 5.74) is 1.38. The minimum Gasteiger partial charge on any atom is -0.446 e. The number of oxazole rings is 1. The van der Waals surface area contributed by atoms with Gasteiger partial charge in [0.1, 0.15) is 11.4 Å². The van der Waals surface area contributed by atoms with E-state index in [1.54, 1.807) is 6.20 Å². The van der Waals surface area contributed by atoms with Crippen LogP contribution in [0.25, 0.3) is 0 Å². The number of nitrogens with zero attached hydrogens (tertiary/aromatic N) is 2. The van der Waals surface area contributed by atoms with Crippen LogP contribution in [0, 0.1) is 5.41 Å². The maximum Gasteiger partial charge on any atom is 0.412 e. The van der Waals surface area contributed by atoms with Crippen LogP contribution < -0.4 is 10.6 Å². The van der Waals surface area contributed by atoms with Crippen molar-refractivity contribution in [2.45, 2.75) is 85.7 Å². The Labute approximate surface area is 223 Å². The summed E-state index contributed by atoms with van der Waals surface area (Å²) in [4.78, 5) is 34.0. The highest BCUT2D eigenvalue weighted by Gasteiger charge is 2.17. The molecule has 0 saturated carbocycles. The highest BCUT2D eigenvalue weighted by atomic mass is 32.1. The van der Waals surface area contributed by atoms with E-state index in [-0.39, 0.29) is 11.3 Å². The first-order valence-electron chi connectivity index (χ1n) is 12.6. The Kier molecular flexibility index (Phi) is 9.48. The van der Waals surface area contributed by atoms with Crippen LogP contribution in [0.3, 0.4) is 0 Å². The van der Waals surface area contributed by atoms with Gasteiger partial charge in [0.25, 0.3) is 0 Å². The summed E-state index contributed by atoms with van der Waals surface area (Å²) in [6.45, 7) is 12.0. The summed E-state index contributed by atoms with van der Waals surface area (Å²) in [5.74, 6) is 1.59. The minimum absolute atomic E-state index is 0.0522. The molecule has 2 aromatic heterocycles. The quantitative estimate of drug-likeness (QED) is 0.300. The fourth-order valence-electron chi connectivity index (χ4n) is 3.59. The first-order valence-corrected chi connectivity index (χ1v) is 13.4. The molecule has 2 amide bonds. The van der Waals surface area contributed by atoms with Gasteiger partial charge in [0, 0.05) is 36.0 Å². The lowest BCUT2D eigenvalue weighted by atomic mass is 9.91. The molecule has 0 radical (unpaired) electrons. The normalized spacial score (nSPS) is 11.8. The average Bonchev–Trinajstić information content (AvgIpc) is 3.40. The lowest BCUT2D eigenvalue weighted by Gasteiger charge is -2.19. The number of nitrogens with one attached hydrogen (secondary N) is 2. The molecule has 1 aromatic carbocycles. The maximum absolute atomic E-state index is 12.4. The molecule has 0 atom stereocenters. The third-order valence-corrected chi connectivity index (χ3v) is 6.13. The van der Waals surface area contributed by atoms with E-state index in [4.69, 9.17) is 9.15 Å². The van der Waals surface area contributed by atoms with Gasteiger partial charge in [-0.05, 0) is 63.1 Å². The lowest BCUT2D eigenvalue weighted by molar-refractivity contribution is -0.116. The Morgan fingerprint density at radius 3 is 2.35 bits per heavy atom. The maximum atomic E-state index is 12.4. The van der Waals surface area contributed by atoms with Crippen molar-refractivity contribution in [2.24, 2.45) is 5.41 Å². The minimum atomic E-state index is -0.543. The number of rotatable bonds is 10. The van der Waals surface area contributed by atoms with Crippen LogP contribution in [0.2, 0.25) is 0 Å². The zero-order valence-electron chi connectivity index (χ0n) is 22.6. The van der Waals surface area contributed by atoms with Crippen molar-refractivity contribution in [2.75, 3.05) is 10.6 Å². The number of carbonyl (C=O) groups excluding carboxylic acids is 2. The number of benzene rings is 1. The van der Waals surface area contributed by atoms with Crippen LogP contribution >= 0.6 is 11.3 Å². The summed E-state index contributed by atoms with van der Waals surface area (Å²) in [6.07, 6.45) is 7.33. The van der Waals surface area contributed by atoms with Crippen LogP contribution in [-0.4, -0.2) is 27.6 Å². The van der Waals surface area contributed by atoms with Crippen LogP contribution in [0.4, 0.5) is 15.6 Å². The van der Waals surface area contributed by atoms with Gasteiger partial charge < -0.3 is 14.5 Å². The molecule has 3 rings (SSSR count). The predicted molar refractivity (Wildman–Crippen MR) is 147 cm³/mol. The monoisotopic (exact) mass is 526 g/mol. The first kappa shape index (κ1) is 28.4. The fraction of sp³-hybridized carbons (Fsp3) is 0.500. The van der Waals surface area contributed by atoms with E-state index in [2.05, 4.69) is 41.4 Å². The molecule has 37 heavy (non-hydrogen) atoms. The second-order valence-electron chi connectivity index (χ2n) is 11.3. The summed E-state index contributed by atoms with van der Waals surface area (Å²) in [7, 11) is 0. The van der Waals surface area contributed by atoms with Crippen molar-refractivity contribution in [1.82, 2.24) is 9.97 Å². The van der Waals surface area contributed by atoms with Crippen molar-refractivity contribution in [3.8, 4) is 0 Å². The highest BCUT2D eigenvalue weighted by Crippen LogP contribution is 2.23. The number of anilines is 2. The zero-order valence-corrected chi connectivity index (χ0v) is 23.5. The Morgan fingerprint density at radius 2 is 1.68 bits per heavy atom. The van der Waals surface area contributed by atoms with Crippen molar-refractivity contribution >= 4 is 34.2 Å². The summed E-state index contributed by atoms with van der Waals surface area (Å²) in [5, 5.41) is 6.22. The largest absolute Gasteiger partial charge is 0.446 e. The first-order chi connectivity index (χ1) is 17.3. The summed E-state index contributed by atoms with van der Waals surface area (Å²) < 4.78 is 11.1. The van der Waals surface area contributed by atoms with Crippen LogP contribution in [0.1, 0.15) is 76.5 Å². The van der Waals surface area contributed by atoms with E-state index in [9.17, 15) is 9.59 Å². The van der Waals surface area contributed by atoms with Gasteiger partial charge in [-0.1, -0.05) is 32.9 Å². The molecule has 0 aliphatic heterocycles. The summed E-state index contributed by atoms with van der Waals surface area (Å²) >= 11 is 1.48. The number of carbonyl (C=O) groups is 2.